The lowest BCUT2D eigenvalue weighted by atomic mass is 10.2. The SMILES string of the molecule is CC(=O)Nc1ccc(/C=N/NC(=O)CNC(=O)Nc2cccc(Cl)c2Cl)cc1. The molecular weight excluding hydrogens is 405 g/mol. The van der Waals surface area contributed by atoms with Crippen molar-refractivity contribution in [3.05, 3.63) is 58.1 Å². The molecule has 0 aliphatic heterocycles. The third kappa shape index (κ3) is 6.90. The Morgan fingerprint density at radius 2 is 1.75 bits per heavy atom. The molecule has 4 amide bonds. The first-order valence-corrected chi connectivity index (χ1v) is 8.79. The van der Waals surface area contributed by atoms with E-state index in [1.54, 1.807) is 42.5 Å². The number of amides is 4. The zero-order valence-electron chi connectivity index (χ0n) is 14.8. The number of nitrogens with one attached hydrogen (secondary N) is 4. The first-order valence-electron chi connectivity index (χ1n) is 8.03. The molecule has 0 saturated carbocycles. The Bertz CT molecular complexity index is 901. The van der Waals surface area contributed by atoms with E-state index in [1.807, 2.05) is 0 Å². The normalized spacial score (nSPS) is 10.4. The first-order chi connectivity index (χ1) is 13.3. The zero-order valence-corrected chi connectivity index (χ0v) is 16.3. The average Bonchev–Trinajstić information content (AvgIpc) is 2.65. The molecule has 0 heterocycles. The summed E-state index contributed by atoms with van der Waals surface area (Å²) in [5, 5.41) is 11.8. The number of rotatable bonds is 6. The fourth-order valence-electron chi connectivity index (χ4n) is 2.00. The Labute approximate surface area is 171 Å². The van der Waals surface area contributed by atoms with Crippen molar-refractivity contribution in [2.75, 3.05) is 17.2 Å². The third-order valence-corrected chi connectivity index (χ3v) is 4.06. The predicted octanol–water partition coefficient (Wildman–Crippen LogP) is 3.22. The summed E-state index contributed by atoms with van der Waals surface area (Å²) in [6.07, 6.45) is 1.43. The van der Waals surface area contributed by atoms with E-state index in [2.05, 4.69) is 26.5 Å². The fourth-order valence-corrected chi connectivity index (χ4v) is 2.35. The van der Waals surface area contributed by atoms with Crippen molar-refractivity contribution in [1.82, 2.24) is 10.7 Å². The number of carbonyl (C=O) groups is 3. The highest BCUT2D eigenvalue weighted by Crippen LogP contribution is 2.29. The number of halogens is 2. The van der Waals surface area contributed by atoms with Crippen LogP contribution >= 0.6 is 23.2 Å². The van der Waals surface area contributed by atoms with Gasteiger partial charge in [0.15, 0.2) is 0 Å². The molecular formula is C18H17Cl2N5O3. The molecule has 2 aromatic carbocycles. The Hall–Kier alpha value is -3.10. The number of nitrogens with zero attached hydrogens (tertiary/aromatic N) is 1. The van der Waals surface area contributed by atoms with Gasteiger partial charge >= 0.3 is 6.03 Å². The molecule has 8 nitrogen and oxygen atoms in total. The largest absolute Gasteiger partial charge is 0.329 e. The van der Waals surface area contributed by atoms with Gasteiger partial charge in [0.1, 0.15) is 6.54 Å². The van der Waals surface area contributed by atoms with Crippen LogP contribution in [0.2, 0.25) is 10.0 Å². The Balaban J connectivity index is 1.76. The van der Waals surface area contributed by atoms with Gasteiger partial charge in [-0.2, -0.15) is 5.10 Å². The van der Waals surface area contributed by atoms with Crippen molar-refractivity contribution in [2.24, 2.45) is 5.10 Å². The van der Waals surface area contributed by atoms with Crippen LogP contribution in [0.5, 0.6) is 0 Å². The summed E-state index contributed by atoms with van der Waals surface area (Å²) in [6, 6.07) is 11.0. The van der Waals surface area contributed by atoms with Gasteiger partial charge in [0.2, 0.25) is 5.91 Å². The summed E-state index contributed by atoms with van der Waals surface area (Å²) in [5.74, 6) is -0.679. The van der Waals surface area contributed by atoms with Crippen molar-refractivity contribution >= 4 is 58.6 Å². The lowest BCUT2D eigenvalue weighted by molar-refractivity contribution is -0.120. The van der Waals surface area contributed by atoms with Crippen molar-refractivity contribution < 1.29 is 14.4 Å². The lowest BCUT2D eigenvalue weighted by Crippen LogP contribution is -2.37. The van der Waals surface area contributed by atoms with Crippen LogP contribution in [0.3, 0.4) is 0 Å². The van der Waals surface area contributed by atoms with Crippen LogP contribution in [0.15, 0.2) is 47.6 Å². The maximum absolute atomic E-state index is 11.8. The van der Waals surface area contributed by atoms with Crippen LogP contribution in [-0.2, 0) is 9.59 Å². The summed E-state index contributed by atoms with van der Waals surface area (Å²) in [5.41, 5.74) is 3.99. The minimum Gasteiger partial charge on any atom is -0.329 e. The van der Waals surface area contributed by atoms with Crippen LogP contribution in [0.1, 0.15) is 12.5 Å². The monoisotopic (exact) mass is 421 g/mol. The highest BCUT2D eigenvalue weighted by Gasteiger charge is 2.09. The number of hydrogen-bond donors (Lipinski definition) is 4. The van der Waals surface area contributed by atoms with E-state index < -0.39 is 11.9 Å². The van der Waals surface area contributed by atoms with Crippen molar-refractivity contribution in [2.45, 2.75) is 6.92 Å². The molecule has 0 atom stereocenters. The summed E-state index contributed by atoms with van der Waals surface area (Å²) < 4.78 is 0. The molecule has 0 aliphatic rings. The molecule has 28 heavy (non-hydrogen) atoms. The maximum atomic E-state index is 11.8. The Morgan fingerprint density at radius 1 is 1.04 bits per heavy atom. The van der Waals surface area contributed by atoms with E-state index in [-0.39, 0.29) is 17.5 Å². The highest BCUT2D eigenvalue weighted by atomic mass is 35.5. The molecule has 0 aliphatic carbocycles. The Kier molecular flexibility index (Phi) is 7.79. The highest BCUT2D eigenvalue weighted by molar-refractivity contribution is 6.43. The number of hydrogen-bond acceptors (Lipinski definition) is 4. The molecule has 0 radical (unpaired) electrons. The maximum Gasteiger partial charge on any atom is 0.319 e. The molecule has 2 aromatic rings. The second kappa shape index (κ2) is 10.3. The van der Waals surface area contributed by atoms with Gasteiger partial charge in [-0.1, -0.05) is 41.4 Å². The average molecular weight is 422 g/mol. The van der Waals surface area contributed by atoms with E-state index in [9.17, 15) is 14.4 Å². The van der Waals surface area contributed by atoms with Crippen molar-refractivity contribution in [3.63, 3.8) is 0 Å². The third-order valence-electron chi connectivity index (χ3n) is 3.24. The molecule has 0 fully saturated rings. The van der Waals surface area contributed by atoms with Gasteiger partial charge in [-0.25, -0.2) is 10.2 Å². The number of anilines is 2. The van der Waals surface area contributed by atoms with Gasteiger partial charge in [-0.05, 0) is 29.8 Å². The van der Waals surface area contributed by atoms with Gasteiger partial charge in [0.25, 0.3) is 5.91 Å². The molecule has 4 N–H and O–H groups in total. The first kappa shape index (κ1) is 21.2. The number of carbonyl (C=O) groups excluding carboxylic acids is 3. The van der Waals surface area contributed by atoms with Gasteiger partial charge in [-0.3, -0.25) is 9.59 Å². The Morgan fingerprint density at radius 3 is 2.43 bits per heavy atom. The molecule has 0 spiro atoms. The van der Waals surface area contributed by atoms with Gasteiger partial charge in [-0.15, -0.1) is 0 Å². The van der Waals surface area contributed by atoms with Gasteiger partial charge in [0, 0.05) is 12.6 Å². The number of benzene rings is 2. The van der Waals surface area contributed by atoms with Gasteiger partial charge in [0.05, 0.1) is 21.9 Å². The molecule has 2 rings (SSSR count). The van der Waals surface area contributed by atoms with E-state index in [0.29, 0.717) is 16.4 Å². The number of urea groups is 1. The van der Waals surface area contributed by atoms with E-state index >= 15 is 0 Å². The number of hydrazone groups is 1. The lowest BCUT2D eigenvalue weighted by Gasteiger charge is -2.09. The van der Waals surface area contributed by atoms with Crippen LogP contribution < -0.4 is 21.4 Å². The molecule has 0 saturated heterocycles. The second-order valence-corrected chi connectivity index (χ2v) is 6.29. The minimum atomic E-state index is -0.614. The van der Waals surface area contributed by atoms with Crippen LogP contribution in [-0.4, -0.2) is 30.6 Å². The topological polar surface area (TPSA) is 112 Å². The smallest absolute Gasteiger partial charge is 0.319 e. The van der Waals surface area contributed by atoms with Gasteiger partial charge < -0.3 is 16.0 Å². The second-order valence-electron chi connectivity index (χ2n) is 5.51. The van der Waals surface area contributed by atoms with Crippen molar-refractivity contribution in [3.8, 4) is 0 Å². The molecule has 10 heteroatoms. The van der Waals surface area contributed by atoms with E-state index in [0.717, 1.165) is 5.56 Å². The fraction of sp³-hybridized carbons (Fsp3) is 0.111. The van der Waals surface area contributed by atoms with Crippen molar-refractivity contribution in [1.29, 1.82) is 0 Å². The summed E-state index contributed by atoms with van der Waals surface area (Å²) in [4.78, 5) is 34.5. The summed E-state index contributed by atoms with van der Waals surface area (Å²) in [7, 11) is 0. The molecule has 0 aromatic heterocycles. The van der Waals surface area contributed by atoms with E-state index in [4.69, 9.17) is 23.2 Å². The van der Waals surface area contributed by atoms with Crippen LogP contribution in [0.25, 0.3) is 0 Å². The van der Waals surface area contributed by atoms with E-state index in [1.165, 1.54) is 13.1 Å². The predicted molar refractivity (Wildman–Crippen MR) is 110 cm³/mol. The summed E-state index contributed by atoms with van der Waals surface area (Å²) in [6.45, 7) is 1.13. The van der Waals surface area contributed by atoms with Crippen LogP contribution in [0.4, 0.5) is 16.2 Å². The molecule has 0 unspecified atom stereocenters. The zero-order chi connectivity index (χ0) is 20.5. The van der Waals surface area contributed by atoms with Crippen LogP contribution in [0, 0.1) is 0 Å². The minimum absolute atomic E-state index is 0.164. The molecule has 0 bridgehead atoms. The standard InChI is InChI=1S/C18H17Cl2N5O3/c1-11(26)23-13-7-5-12(6-8-13)9-22-25-16(27)10-21-18(28)24-15-4-2-3-14(19)17(15)20/h2-9H,10H2,1H3,(H,23,26)(H,25,27)(H2,21,24,28)/b22-9+. The molecule has 146 valence electrons. The summed E-state index contributed by atoms with van der Waals surface area (Å²) >= 11 is 11.8. The quantitative estimate of drug-likeness (QED) is 0.424.